The van der Waals surface area contributed by atoms with Crippen molar-refractivity contribution in [3.63, 3.8) is 0 Å². The van der Waals surface area contributed by atoms with E-state index in [1.165, 1.54) is 6.42 Å². The van der Waals surface area contributed by atoms with Crippen LogP contribution in [0.2, 0.25) is 0 Å². The summed E-state index contributed by atoms with van der Waals surface area (Å²) in [4.78, 5) is 12.3. The zero-order chi connectivity index (χ0) is 14.8. The number of hydrogen-bond acceptors (Lipinski definition) is 3. The Labute approximate surface area is 127 Å². The molecule has 1 saturated heterocycles. The van der Waals surface area contributed by atoms with Gasteiger partial charge in [-0.05, 0) is 62.7 Å². The fourth-order valence-corrected chi connectivity index (χ4v) is 6.12. The molecular weight excluding hydrogens is 264 g/mol. The number of hydrogen-bond donors (Lipinski definition) is 1. The highest BCUT2D eigenvalue weighted by molar-refractivity contribution is 5.87. The molecule has 118 valence electrons. The SMILES string of the molecule is C[C@@]1(O)CC[C@@H]2[C@H]3CC[C@]4(C)C(=O)CC[C@H]4[C@@H]3CO[C@H]2C1. The molecule has 3 nitrogen and oxygen atoms in total. The Hall–Kier alpha value is -0.410. The summed E-state index contributed by atoms with van der Waals surface area (Å²) in [5.74, 6) is 2.97. The van der Waals surface area contributed by atoms with E-state index in [9.17, 15) is 9.90 Å². The Balaban J connectivity index is 1.57. The van der Waals surface area contributed by atoms with Crippen LogP contribution in [0.4, 0.5) is 0 Å². The van der Waals surface area contributed by atoms with E-state index in [4.69, 9.17) is 4.74 Å². The van der Waals surface area contributed by atoms with Crippen LogP contribution >= 0.6 is 0 Å². The van der Waals surface area contributed by atoms with E-state index in [2.05, 4.69) is 6.92 Å². The van der Waals surface area contributed by atoms with Crippen molar-refractivity contribution in [1.29, 1.82) is 0 Å². The molecule has 4 aliphatic rings. The molecule has 0 radical (unpaired) electrons. The first kappa shape index (κ1) is 14.2. The number of ether oxygens (including phenoxy) is 1. The van der Waals surface area contributed by atoms with Crippen LogP contribution in [0, 0.1) is 29.1 Å². The summed E-state index contributed by atoms with van der Waals surface area (Å²) in [5.41, 5.74) is -0.599. The Morgan fingerprint density at radius 3 is 2.67 bits per heavy atom. The second-order valence-corrected chi connectivity index (χ2v) is 8.63. The molecule has 0 aromatic rings. The van der Waals surface area contributed by atoms with E-state index in [1.54, 1.807) is 0 Å². The fourth-order valence-electron chi connectivity index (χ4n) is 6.12. The van der Waals surface area contributed by atoms with Gasteiger partial charge in [-0.15, -0.1) is 0 Å². The predicted molar refractivity (Wildman–Crippen MR) is 79.8 cm³/mol. The van der Waals surface area contributed by atoms with Crippen molar-refractivity contribution in [2.24, 2.45) is 29.1 Å². The van der Waals surface area contributed by atoms with Crippen molar-refractivity contribution >= 4 is 5.78 Å². The summed E-state index contributed by atoms with van der Waals surface area (Å²) >= 11 is 0. The van der Waals surface area contributed by atoms with Crippen LogP contribution < -0.4 is 0 Å². The topological polar surface area (TPSA) is 46.5 Å². The Morgan fingerprint density at radius 2 is 1.86 bits per heavy atom. The van der Waals surface area contributed by atoms with Gasteiger partial charge >= 0.3 is 0 Å². The number of Topliss-reactive ketones (excluding diaryl/α,β-unsaturated/α-hetero) is 1. The number of rotatable bonds is 0. The highest BCUT2D eigenvalue weighted by atomic mass is 16.5. The lowest BCUT2D eigenvalue weighted by Gasteiger charge is -2.55. The summed E-state index contributed by atoms with van der Waals surface area (Å²) < 4.78 is 6.20. The molecule has 1 heterocycles. The van der Waals surface area contributed by atoms with Gasteiger partial charge in [0.2, 0.25) is 0 Å². The average molecular weight is 292 g/mol. The molecule has 0 unspecified atom stereocenters. The molecule has 3 saturated carbocycles. The Bertz CT molecular complexity index is 457. The first-order valence-electron chi connectivity index (χ1n) is 8.78. The summed E-state index contributed by atoms with van der Waals surface area (Å²) in [6, 6.07) is 0. The predicted octanol–water partition coefficient (Wildman–Crippen LogP) is 2.95. The van der Waals surface area contributed by atoms with Crippen molar-refractivity contribution in [2.45, 2.75) is 70.5 Å². The second kappa shape index (κ2) is 4.55. The lowest BCUT2D eigenvalue weighted by Crippen LogP contribution is -2.55. The van der Waals surface area contributed by atoms with Gasteiger partial charge in [0.05, 0.1) is 18.3 Å². The molecule has 3 heteroatoms. The van der Waals surface area contributed by atoms with Crippen LogP contribution in [-0.4, -0.2) is 29.2 Å². The van der Waals surface area contributed by atoms with Gasteiger partial charge in [-0.2, -0.15) is 0 Å². The third-order valence-corrected chi connectivity index (χ3v) is 7.39. The molecule has 3 aliphatic carbocycles. The standard InChI is InChI=1S/C18H28O3/c1-17(20)7-5-12-11-6-8-18(2)14(3-4-16(18)19)13(11)10-21-15(12)9-17/h11-15,20H,3-10H2,1-2H3/t11-,12-,13-,14+,15+,17-,18+/m1/s1. The minimum Gasteiger partial charge on any atom is -0.390 e. The van der Waals surface area contributed by atoms with Crippen LogP contribution in [0.3, 0.4) is 0 Å². The molecular formula is C18H28O3. The number of ketones is 1. The van der Waals surface area contributed by atoms with Gasteiger partial charge in [-0.25, -0.2) is 0 Å². The first-order chi connectivity index (χ1) is 9.91. The van der Waals surface area contributed by atoms with Crippen molar-refractivity contribution in [1.82, 2.24) is 0 Å². The number of carbonyl (C=O) groups excluding carboxylic acids is 1. The monoisotopic (exact) mass is 292 g/mol. The molecule has 0 spiro atoms. The normalized spacial score (nSPS) is 56.5. The number of carbonyl (C=O) groups is 1. The van der Waals surface area contributed by atoms with E-state index >= 15 is 0 Å². The van der Waals surface area contributed by atoms with Gasteiger partial charge in [0, 0.05) is 18.3 Å². The quantitative estimate of drug-likeness (QED) is 0.746. The molecule has 0 amide bonds. The van der Waals surface area contributed by atoms with Crippen LogP contribution in [-0.2, 0) is 9.53 Å². The van der Waals surface area contributed by atoms with Crippen molar-refractivity contribution in [3.8, 4) is 0 Å². The molecule has 4 fully saturated rings. The molecule has 21 heavy (non-hydrogen) atoms. The Morgan fingerprint density at radius 1 is 1.10 bits per heavy atom. The molecule has 7 atom stereocenters. The molecule has 0 aromatic heterocycles. The Kier molecular flexibility index (Phi) is 3.07. The maximum absolute atomic E-state index is 12.3. The van der Waals surface area contributed by atoms with Crippen molar-refractivity contribution in [3.05, 3.63) is 0 Å². The van der Waals surface area contributed by atoms with Crippen LogP contribution in [0.5, 0.6) is 0 Å². The molecule has 1 aliphatic heterocycles. The maximum atomic E-state index is 12.3. The minimum absolute atomic E-state index is 0.0580. The third kappa shape index (κ3) is 2.03. The summed E-state index contributed by atoms with van der Waals surface area (Å²) in [6.07, 6.45) is 7.17. The third-order valence-electron chi connectivity index (χ3n) is 7.39. The van der Waals surface area contributed by atoms with E-state index in [0.717, 1.165) is 51.0 Å². The highest BCUT2D eigenvalue weighted by Crippen LogP contribution is 2.59. The minimum atomic E-state index is -0.541. The second-order valence-electron chi connectivity index (χ2n) is 8.63. The van der Waals surface area contributed by atoms with Gasteiger partial charge in [-0.3, -0.25) is 4.79 Å². The zero-order valence-corrected chi connectivity index (χ0v) is 13.3. The number of fused-ring (bicyclic) bond motifs is 5. The van der Waals surface area contributed by atoms with Gasteiger partial charge in [0.1, 0.15) is 5.78 Å². The van der Waals surface area contributed by atoms with E-state index in [1.807, 2.05) is 6.92 Å². The zero-order valence-electron chi connectivity index (χ0n) is 13.3. The lowest BCUT2D eigenvalue weighted by atomic mass is 9.54. The van der Waals surface area contributed by atoms with E-state index < -0.39 is 5.60 Å². The number of aliphatic hydroxyl groups is 1. The first-order valence-corrected chi connectivity index (χ1v) is 8.78. The van der Waals surface area contributed by atoms with Crippen LogP contribution in [0.1, 0.15) is 58.8 Å². The van der Waals surface area contributed by atoms with Gasteiger partial charge in [-0.1, -0.05) is 6.92 Å². The lowest BCUT2D eigenvalue weighted by molar-refractivity contribution is -0.181. The van der Waals surface area contributed by atoms with Gasteiger partial charge in [0.25, 0.3) is 0 Å². The highest BCUT2D eigenvalue weighted by Gasteiger charge is 2.57. The van der Waals surface area contributed by atoms with Crippen molar-refractivity contribution < 1.29 is 14.6 Å². The molecule has 1 N–H and O–H groups in total. The smallest absolute Gasteiger partial charge is 0.139 e. The molecule has 4 rings (SSSR count). The fraction of sp³-hybridized carbons (Fsp3) is 0.944. The van der Waals surface area contributed by atoms with Crippen LogP contribution in [0.25, 0.3) is 0 Å². The summed E-state index contributed by atoms with van der Waals surface area (Å²) in [5, 5.41) is 10.3. The van der Waals surface area contributed by atoms with Gasteiger partial charge in [0.15, 0.2) is 0 Å². The van der Waals surface area contributed by atoms with Gasteiger partial charge < -0.3 is 9.84 Å². The van der Waals surface area contributed by atoms with Crippen molar-refractivity contribution in [2.75, 3.05) is 6.61 Å². The van der Waals surface area contributed by atoms with Crippen LogP contribution in [0.15, 0.2) is 0 Å². The maximum Gasteiger partial charge on any atom is 0.139 e. The summed E-state index contributed by atoms with van der Waals surface area (Å²) in [6.45, 7) is 4.97. The van der Waals surface area contributed by atoms with E-state index in [0.29, 0.717) is 23.5 Å². The summed E-state index contributed by atoms with van der Waals surface area (Å²) in [7, 11) is 0. The molecule has 0 aromatic carbocycles. The average Bonchev–Trinajstić information content (AvgIpc) is 2.73. The largest absolute Gasteiger partial charge is 0.390 e. The van der Waals surface area contributed by atoms with E-state index in [-0.39, 0.29) is 11.5 Å². The molecule has 0 bridgehead atoms.